The van der Waals surface area contributed by atoms with Gasteiger partial charge in [0.15, 0.2) is 0 Å². The van der Waals surface area contributed by atoms with E-state index in [1.807, 2.05) is 11.0 Å². The number of hydrogen-bond acceptors (Lipinski definition) is 5. The van der Waals surface area contributed by atoms with Gasteiger partial charge in [0.05, 0.1) is 17.7 Å². The summed E-state index contributed by atoms with van der Waals surface area (Å²) in [6.07, 6.45) is -0.0421. The molecule has 0 saturated carbocycles. The molecular formula is C20H18F3N5O2. The predicted molar refractivity (Wildman–Crippen MR) is 103 cm³/mol. The number of aromatic nitrogens is 3. The van der Waals surface area contributed by atoms with Crippen LogP contribution in [-0.2, 0) is 6.18 Å². The molecule has 0 unspecified atom stereocenters. The summed E-state index contributed by atoms with van der Waals surface area (Å²) in [5.41, 5.74) is 6.52. The van der Waals surface area contributed by atoms with Gasteiger partial charge in [-0.25, -0.2) is 9.97 Å². The quantitative estimate of drug-likeness (QED) is 0.664. The van der Waals surface area contributed by atoms with Gasteiger partial charge in [-0.1, -0.05) is 0 Å². The zero-order valence-corrected chi connectivity index (χ0v) is 15.7. The van der Waals surface area contributed by atoms with E-state index in [-0.39, 0.29) is 12.0 Å². The maximum absolute atomic E-state index is 12.7. The summed E-state index contributed by atoms with van der Waals surface area (Å²) < 4.78 is 43.7. The van der Waals surface area contributed by atoms with E-state index in [0.717, 1.165) is 17.8 Å². The molecule has 30 heavy (non-hydrogen) atoms. The molecule has 4 rings (SSSR count). The number of nitrogens with two attached hydrogens (primary N) is 1. The van der Waals surface area contributed by atoms with Gasteiger partial charge in [0.25, 0.3) is 5.91 Å². The molecule has 0 aliphatic carbocycles. The standard InChI is InChI=1S/C20H18F3N5O2/c21-20(22,23)13-2-4-17(27-10-13)30-14-5-8-28(11-14)16-3-1-12(9-15(16)18(24)29)19-25-6-7-26-19/h1-4,6-7,9-10,14H,5,8,11H2,(H2,24,29)(H,25,26)/t14-/m1/s1. The molecule has 1 aromatic carbocycles. The fourth-order valence-electron chi connectivity index (χ4n) is 3.41. The number of benzene rings is 1. The van der Waals surface area contributed by atoms with Crippen molar-refractivity contribution in [2.24, 2.45) is 5.73 Å². The summed E-state index contributed by atoms with van der Waals surface area (Å²) in [5, 5.41) is 0. The van der Waals surface area contributed by atoms with E-state index < -0.39 is 17.6 Å². The highest BCUT2D eigenvalue weighted by atomic mass is 19.4. The second kappa shape index (κ2) is 7.69. The lowest BCUT2D eigenvalue weighted by atomic mass is 10.1. The van der Waals surface area contributed by atoms with Crippen LogP contribution in [-0.4, -0.2) is 40.1 Å². The first-order chi connectivity index (χ1) is 14.3. The molecule has 0 spiro atoms. The highest BCUT2D eigenvalue weighted by molar-refractivity contribution is 6.00. The lowest BCUT2D eigenvalue weighted by Crippen LogP contribution is -2.27. The average Bonchev–Trinajstić information content (AvgIpc) is 3.39. The molecular weight excluding hydrogens is 399 g/mol. The van der Waals surface area contributed by atoms with Crippen LogP contribution in [0.5, 0.6) is 5.88 Å². The Bertz CT molecular complexity index is 1040. The number of primary amides is 1. The Balaban J connectivity index is 1.48. The number of carbonyl (C=O) groups is 1. The van der Waals surface area contributed by atoms with Crippen molar-refractivity contribution in [1.82, 2.24) is 15.0 Å². The Hall–Kier alpha value is -3.56. The maximum atomic E-state index is 12.7. The molecule has 0 bridgehead atoms. The van der Waals surface area contributed by atoms with Crippen molar-refractivity contribution in [3.8, 4) is 17.3 Å². The Labute approximate surface area is 169 Å². The number of alkyl halides is 3. The Morgan fingerprint density at radius 2 is 2.07 bits per heavy atom. The lowest BCUT2D eigenvalue weighted by molar-refractivity contribution is -0.137. The van der Waals surface area contributed by atoms with Gasteiger partial charge >= 0.3 is 6.18 Å². The molecule has 1 fully saturated rings. The molecule has 7 nitrogen and oxygen atoms in total. The van der Waals surface area contributed by atoms with Gasteiger partial charge in [-0.15, -0.1) is 0 Å². The van der Waals surface area contributed by atoms with Crippen molar-refractivity contribution >= 4 is 11.6 Å². The van der Waals surface area contributed by atoms with Crippen molar-refractivity contribution in [3.63, 3.8) is 0 Å². The number of nitrogens with zero attached hydrogens (tertiary/aromatic N) is 3. The first-order valence-corrected chi connectivity index (χ1v) is 9.20. The molecule has 1 atom stereocenters. The van der Waals surface area contributed by atoms with Crippen molar-refractivity contribution in [3.05, 3.63) is 60.0 Å². The molecule has 1 saturated heterocycles. The Morgan fingerprint density at radius 3 is 2.70 bits per heavy atom. The number of imidazole rings is 1. The molecule has 3 N–H and O–H groups in total. The lowest BCUT2D eigenvalue weighted by Gasteiger charge is -2.21. The third-order valence-corrected chi connectivity index (χ3v) is 4.87. The van der Waals surface area contributed by atoms with Crippen LogP contribution in [0.1, 0.15) is 22.3 Å². The minimum atomic E-state index is -4.44. The van der Waals surface area contributed by atoms with Gasteiger partial charge in [-0.2, -0.15) is 13.2 Å². The number of aromatic amines is 1. The summed E-state index contributed by atoms with van der Waals surface area (Å²) in [6.45, 7) is 1.05. The fraction of sp³-hybridized carbons (Fsp3) is 0.250. The highest BCUT2D eigenvalue weighted by Gasteiger charge is 2.31. The molecule has 0 radical (unpaired) electrons. The topological polar surface area (TPSA) is 97.1 Å². The van der Waals surface area contributed by atoms with E-state index in [0.29, 0.717) is 36.6 Å². The molecule has 3 heterocycles. The van der Waals surface area contributed by atoms with E-state index in [1.165, 1.54) is 6.07 Å². The van der Waals surface area contributed by atoms with Crippen LogP contribution in [0.2, 0.25) is 0 Å². The van der Waals surface area contributed by atoms with Crippen molar-refractivity contribution < 1.29 is 22.7 Å². The van der Waals surface area contributed by atoms with Crippen molar-refractivity contribution in [2.45, 2.75) is 18.7 Å². The minimum absolute atomic E-state index is 0.123. The second-order valence-electron chi connectivity index (χ2n) is 6.89. The van der Waals surface area contributed by atoms with Gasteiger partial charge in [-0.05, 0) is 24.3 Å². The van der Waals surface area contributed by atoms with E-state index in [9.17, 15) is 18.0 Å². The SMILES string of the molecule is NC(=O)c1cc(-c2ncc[nH]2)ccc1N1CC[C@@H](Oc2ccc(C(F)(F)F)cn2)C1. The van der Waals surface area contributed by atoms with E-state index >= 15 is 0 Å². The number of pyridine rings is 1. The number of anilines is 1. The van der Waals surface area contributed by atoms with Crippen LogP contribution in [0.15, 0.2) is 48.9 Å². The average molecular weight is 417 g/mol. The number of nitrogens with one attached hydrogen (secondary N) is 1. The van der Waals surface area contributed by atoms with Crippen LogP contribution < -0.4 is 15.4 Å². The van der Waals surface area contributed by atoms with Gasteiger partial charge in [-0.3, -0.25) is 4.79 Å². The van der Waals surface area contributed by atoms with Crippen molar-refractivity contribution in [1.29, 1.82) is 0 Å². The summed E-state index contributed by atoms with van der Waals surface area (Å²) >= 11 is 0. The zero-order chi connectivity index (χ0) is 21.3. The van der Waals surface area contributed by atoms with Gasteiger partial charge < -0.3 is 20.4 Å². The number of H-pyrrole nitrogens is 1. The van der Waals surface area contributed by atoms with E-state index in [1.54, 1.807) is 24.5 Å². The summed E-state index contributed by atoms with van der Waals surface area (Å²) in [7, 11) is 0. The Kier molecular flexibility index (Phi) is 5.06. The number of carbonyl (C=O) groups excluding carboxylic acids is 1. The fourth-order valence-corrected chi connectivity index (χ4v) is 3.41. The molecule has 1 aliphatic rings. The van der Waals surface area contributed by atoms with Crippen LogP contribution in [0.25, 0.3) is 11.4 Å². The molecule has 156 valence electrons. The molecule has 1 amide bonds. The van der Waals surface area contributed by atoms with Crippen molar-refractivity contribution in [2.75, 3.05) is 18.0 Å². The monoisotopic (exact) mass is 417 g/mol. The molecule has 10 heteroatoms. The zero-order valence-electron chi connectivity index (χ0n) is 15.7. The molecule has 2 aromatic heterocycles. The van der Waals surface area contributed by atoms with Gasteiger partial charge in [0, 0.05) is 48.9 Å². The van der Waals surface area contributed by atoms with Gasteiger partial charge in [0.2, 0.25) is 5.88 Å². The number of halogens is 3. The van der Waals surface area contributed by atoms with E-state index in [2.05, 4.69) is 15.0 Å². The van der Waals surface area contributed by atoms with Gasteiger partial charge in [0.1, 0.15) is 11.9 Å². The molecule has 1 aliphatic heterocycles. The first kappa shape index (κ1) is 19.7. The summed E-state index contributed by atoms with van der Waals surface area (Å²) in [6, 6.07) is 7.47. The van der Waals surface area contributed by atoms with Crippen LogP contribution in [0, 0.1) is 0 Å². The Morgan fingerprint density at radius 1 is 1.23 bits per heavy atom. The highest BCUT2D eigenvalue weighted by Crippen LogP contribution is 2.31. The normalized spacial score (nSPS) is 16.6. The number of hydrogen-bond donors (Lipinski definition) is 2. The summed E-state index contributed by atoms with van der Waals surface area (Å²) in [4.78, 5) is 24.9. The van der Waals surface area contributed by atoms with E-state index in [4.69, 9.17) is 10.5 Å². The molecule has 3 aromatic rings. The summed E-state index contributed by atoms with van der Waals surface area (Å²) in [5.74, 6) is 0.186. The largest absolute Gasteiger partial charge is 0.472 e. The third-order valence-electron chi connectivity index (χ3n) is 4.87. The van der Waals surface area contributed by atoms with Crippen LogP contribution in [0.3, 0.4) is 0 Å². The number of rotatable bonds is 5. The van der Waals surface area contributed by atoms with Crippen LogP contribution in [0.4, 0.5) is 18.9 Å². The minimum Gasteiger partial charge on any atom is -0.472 e. The van der Waals surface area contributed by atoms with Crippen LogP contribution >= 0.6 is 0 Å². The first-order valence-electron chi connectivity index (χ1n) is 9.20. The second-order valence-corrected chi connectivity index (χ2v) is 6.89. The maximum Gasteiger partial charge on any atom is 0.417 e. The third kappa shape index (κ3) is 4.07. The number of ether oxygens (including phenoxy) is 1. The number of amides is 1. The predicted octanol–water partition coefficient (Wildman–Crippen LogP) is 3.25. The smallest absolute Gasteiger partial charge is 0.417 e.